The van der Waals surface area contributed by atoms with Crippen molar-refractivity contribution in [3.05, 3.63) is 28.2 Å². The molecule has 0 aliphatic heterocycles. The number of ether oxygens (including phenoxy) is 2. The lowest BCUT2D eigenvalue weighted by molar-refractivity contribution is 0.171. The highest BCUT2D eigenvalue weighted by Gasteiger charge is 2.17. The number of thiocarbonyl (C=S) groups is 1. The summed E-state index contributed by atoms with van der Waals surface area (Å²) in [7, 11) is 3.40. The SMILES string of the molecule is COCCN(c1ccc(C(N)=S)cc1Br)C(C)COC. The predicted octanol–water partition coefficient (Wildman–Crippen LogP) is 2.57. The molecule has 0 fully saturated rings. The van der Waals surface area contributed by atoms with Gasteiger partial charge in [0.15, 0.2) is 0 Å². The molecule has 1 rings (SSSR count). The van der Waals surface area contributed by atoms with Gasteiger partial charge in [-0.25, -0.2) is 0 Å². The minimum absolute atomic E-state index is 0.238. The fraction of sp³-hybridized carbons (Fsp3) is 0.500. The number of nitrogens with zero attached hydrogens (tertiary/aromatic N) is 1. The Bertz CT molecular complexity index is 457. The van der Waals surface area contributed by atoms with Crippen molar-refractivity contribution in [1.82, 2.24) is 0 Å². The maximum absolute atomic E-state index is 5.65. The zero-order chi connectivity index (χ0) is 15.1. The van der Waals surface area contributed by atoms with Crippen molar-refractivity contribution in [1.29, 1.82) is 0 Å². The third-order valence-electron chi connectivity index (χ3n) is 3.02. The number of anilines is 1. The van der Waals surface area contributed by atoms with Crippen LogP contribution in [0.15, 0.2) is 22.7 Å². The first-order valence-corrected chi connectivity index (χ1v) is 7.55. The topological polar surface area (TPSA) is 47.7 Å². The minimum atomic E-state index is 0.238. The van der Waals surface area contributed by atoms with E-state index >= 15 is 0 Å². The summed E-state index contributed by atoms with van der Waals surface area (Å²) in [5.41, 5.74) is 7.58. The Morgan fingerprint density at radius 3 is 2.60 bits per heavy atom. The van der Waals surface area contributed by atoms with E-state index in [1.165, 1.54) is 0 Å². The highest BCUT2D eigenvalue weighted by molar-refractivity contribution is 9.10. The van der Waals surface area contributed by atoms with E-state index in [1.54, 1.807) is 14.2 Å². The highest BCUT2D eigenvalue weighted by Crippen LogP contribution is 2.29. The summed E-state index contributed by atoms with van der Waals surface area (Å²) >= 11 is 8.59. The van der Waals surface area contributed by atoms with Crippen molar-refractivity contribution < 1.29 is 9.47 Å². The van der Waals surface area contributed by atoms with Crippen LogP contribution in [-0.4, -0.2) is 45.0 Å². The molecule has 0 amide bonds. The van der Waals surface area contributed by atoms with Crippen LogP contribution in [0.5, 0.6) is 0 Å². The zero-order valence-electron chi connectivity index (χ0n) is 12.1. The fourth-order valence-corrected chi connectivity index (χ4v) is 2.73. The van der Waals surface area contributed by atoms with Crippen LogP contribution in [0, 0.1) is 0 Å². The Balaban J connectivity index is 3.03. The molecule has 1 atom stereocenters. The van der Waals surface area contributed by atoms with Gasteiger partial charge in [-0.1, -0.05) is 12.2 Å². The van der Waals surface area contributed by atoms with Crippen LogP contribution in [0.3, 0.4) is 0 Å². The van der Waals surface area contributed by atoms with Gasteiger partial charge in [-0.15, -0.1) is 0 Å². The monoisotopic (exact) mass is 360 g/mol. The molecular weight excluding hydrogens is 340 g/mol. The zero-order valence-corrected chi connectivity index (χ0v) is 14.5. The third-order valence-corrected chi connectivity index (χ3v) is 3.89. The molecule has 0 aliphatic rings. The van der Waals surface area contributed by atoms with E-state index in [4.69, 9.17) is 27.4 Å². The van der Waals surface area contributed by atoms with E-state index in [2.05, 4.69) is 27.8 Å². The first-order chi connectivity index (χ1) is 9.51. The molecule has 1 unspecified atom stereocenters. The third kappa shape index (κ3) is 4.70. The van der Waals surface area contributed by atoms with Crippen LogP contribution in [0.2, 0.25) is 0 Å². The van der Waals surface area contributed by atoms with Crippen LogP contribution in [-0.2, 0) is 9.47 Å². The largest absolute Gasteiger partial charge is 0.389 e. The Morgan fingerprint density at radius 1 is 1.40 bits per heavy atom. The van der Waals surface area contributed by atoms with Gasteiger partial charge in [-0.05, 0) is 41.1 Å². The van der Waals surface area contributed by atoms with Gasteiger partial charge in [0, 0.05) is 36.8 Å². The second-order valence-corrected chi connectivity index (χ2v) is 5.82. The average Bonchev–Trinajstić information content (AvgIpc) is 2.40. The molecule has 4 nitrogen and oxygen atoms in total. The number of nitrogens with two attached hydrogens (primary N) is 1. The van der Waals surface area contributed by atoms with E-state index in [0.29, 0.717) is 18.2 Å². The maximum atomic E-state index is 5.65. The molecule has 0 bridgehead atoms. The van der Waals surface area contributed by atoms with E-state index < -0.39 is 0 Å². The number of methoxy groups -OCH3 is 2. The quantitative estimate of drug-likeness (QED) is 0.722. The molecule has 0 saturated carbocycles. The predicted molar refractivity (Wildman–Crippen MR) is 90.6 cm³/mol. The molecule has 112 valence electrons. The van der Waals surface area contributed by atoms with Crippen LogP contribution >= 0.6 is 28.1 Å². The van der Waals surface area contributed by atoms with E-state index in [-0.39, 0.29) is 6.04 Å². The Kier molecular flexibility index (Phi) is 7.43. The van der Waals surface area contributed by atoms with Crippen LogP contribution in [0.1, 0.15) is 12.5 Å². The van der Waals surface area contributed by atoms with Crippen molar-refractivity contribution in [2.45, 2.75) is 13.0 Å². The second-order valence-electron chi connectivity index (χ2n) is 4.52. The molecule has 0 spiro atoms. The molecule has 0 aromatic heterocycles. The summed E-state index contributed by atoms with van der Waals surface area (Å²) in [6.07, 6.45) is 0. The van der Waals surface area contributed by atoms with Gasteiger partial charge in [-0.2, -0.15) is 0 Å². The molecule has 6 heteroatoms. The number of halogens is 1. The van der Waals surface area contributed by atoms with Crippen LogP contribution in [0.4, 0.5) is 5.69 Å². The van der Waals surface area contributed by atoms with Gasteiger partial charge in [0.1, 0.15) is 4.99 Å². The first kappa shape index (κ1) is 17.4. The molecule has 0 aliphatic carbocycles. The van der Waals surface area contributed by atoms with Gasteiger partial charge < -0.3 is 20.1 Å². The summed E-state index contributed by atoms with van der Waals surface area (Å²) < 4.78 is 11.4. The average molecular weight is 361 g/mol. The van der Waals surface area contributed by atoms with E-state index in [0.717, 1.165) is 22.3 Å². The molecule has 1 aromatic carbocycles. The van der Waals surface area contributed by atoms with Gasteiger partial charge in [0.2, 0.25) is 0 Å². The lowest BCUT2D eigenvalue weighted by atomic mass is 10.1. The summed E-state index contributed by atoms with van der Waals surface area (Å²) in [5, 5.41) is 0. The molecule has 2 N–H and O–H groups in total. The standard InChI is InChI=1S/C14H21BrN2O2S/c1-10(9-19-3)17(6-7-18-2)13-5-4-11(14(16)20)8-12(13)15/h4-5,8,10H,6-7,9H2,1-3H3,(H2,16,20). The van der Waals surface area contributed by atoms with Gasteiger partial charge in [0.25, 0.3) is 0 Å². The molecule has 0 heterocycles. The Labute approximate surface area is 134 Å². The second kappa shape index (κ2) is 8.56. The number of benzene rings is 1. The van der Waals surface area contributed by atoms with Crippen molar-refractivity contribution in [3.63, 3.8) is 0 Å². The summed E-state index contributed by atoms with van der Waals surface area (Å²) in [5.74, 6) is 0. The van der Waals surface area contributed by atoms with Crippen molar-refractivity contribution in [2.75, 3.05) is 38.9 Å². The Hall–Kier alpha value is -0.690. The fourth-order valence-electron chi connectivity index (χ4n) is 1.99. The number of hydrogen-bond donors (Lipinski definition) is 1. The molecule has 1 aromatic rings. The van der Waals surface area contributed by atoms with Crippen molar-refractivity contribution in [3.8, 4) is 0 Å². The number of hydrogen-bond acceptors (Lipinski definition) is 4. The smallest absolute Gasteiger partial charge is 0.104 e. The van der Waals surface area contributed by atoms with Crippen LogP contribution < -0.4 is 10.6 Å². The van der Waals surface area contributed by atoms with Crippen molar-refractivity contribution in [2.24, 2.45) is 5.73 Å². The lowest BCUT2D eigenvalue weighted by Gasteiger charge is -2.31. The summed E-state index contributed by atoms with van der Waals surface area (Å²) in [6.45, 7) is 4.20. The summed E-state index contributed by atoms with van der Waals surface area (Å²) in [6, 6.07) is 6.13. The first-order valence-electron chi connectivity index (χ1n) is 6.35. The normalized spacial score (nSPS) is 12.2. The highest BCUT2D eigenvalue weighted by atomic mass is 79.9. The molecule has 20 heavy (non-hydrogen) atoms. The molecular formula is C14H21BrN2O2S. The Morgan fingerprint density at radius 2 is 2.10 bits per heavy atom. The van der Waals surface area contributed by atoms with Gasteiger partial charge in [-0.3, -0.25) is 0 Å². The van der Waals surface area contributed by atoms with E-state index in [1.807, 2.05) is 18.2 Å². The maximum Gasteiger partial charge on any atom is 0.104 e. The van der Waals surface area contributed by atoms with Gasteiger partial charge >= 0.3 is 0 Å². The van der Waals surface area contributed by atoms with E-state index in [9.17, 15) is 0 Å². The van der Waals surface area contributed by atoms with Gasteiger partial charge in [0.05, 0.1) is 18.9 Å². The minimum Gasteiger partial charge on any atom is -0.389 e. The summed E-state index contributed by atoms with van der Waals surface area (Å²) in [4.78, 5) is 2.63. The van der Waals surface area contributed by atoms with Crippen molar-refractivity contribution >= 4 is 38.8 Å². The molecule has 0 saturated heterocycles. The number of rotatable bonds is 8. The van der Waals surface area contributed by atoms with Crippen LogP contribution in [0.25, 0.3) is 0 Å². The molecule has 0 radical (unpaired) electrons. The lowest BCUT2D eigenvalue weighted by Crippen LogP contribution is -2.39.